The summed E-state index contributed by atoms with van der Waals surface area (Å²) in [6.07, 6.45) is -2.76. The highest BCUT2D eigenvalue weighted by Gasteiger charge is 2.44. The molecule has 0 spiro atoms. The van der Waals surface area contributed by atoms with Crippen molar-refractivity contribution in [1.29, 1.82) is 0 Å². The summed E-state index contributed by atoms with van der Waals surface area (Å²) >= 11 is 0. The van der Waals surface area contributed by atoms with Crippen LogP contribution < -0.4 is 10.4 Å². The molecule has 154 valence electrons. The lowest BCUT2D eigenvalue weighted by atomic mass is 10.0. The topological polar surface area (TPSA) is 79.7 Å². The summed E-state index contributed by atoms with van der Waals surface area (Å²) in [5.41, 5.74) is 4.10. The van der Waals surface area contributed by atoms with Gasteiger partial charge in [-0.1, -0.05) is 19.9 Å². The van der Waals surface area contributed by atoms with Crippen molar-refractivity contribution >= 4 is 17.6 Å². The number of hydroxylamine groups is 1. The van der Waals surface area contributed by atoms with E-state index in [2.05, 4.69) is 25.3 Å². The minimum atomic E-state index is -4.59. The number of aromatic nitrogens is 2. The molecule has 0 saturated carbocycles. The Morgan fingerprint density at radius 1 is 1.21 bits per heavy atom. The molecule has 10 heteroatoms. The Balaban J connectivity index is 0.00000117. The number of nitrogens with one attached hydrogen (secondary N) is 1. The fourth-order valence-electron chi connectivity index (χ4n) is 2.90. The van der Waals surface area contributed by atoms with E-state index in [-0.39, 0.29) is 18.3 Å². The predicted octanol–water partition coefficient (Wildman–Crippen LogP) is 3.15. The molecule has 4 heterocycles. The van der Waals surface area contributed by atoms with Crippen LogP contribution >= 0.6 is 0 Å². The number of amides is 1. The number of hydrogen-bond donors (Lipinski definition) is 1. The molecule has 0 aliphatic carbocycles. The number of rotatable bonds is 3. The van der Waals surface area contributed by atoms with E-state index in [1.54, 1.807) is 23.2 Å². The second-order valence-electron chi connectivity index (χ2n) is 6.10. The van der Waals surface area contributed by atoms with Crippen molar-refractivity contribution in [2.75, 3.05) is 4.90 Å². The Morgan fingerprint density at radius 2 is 2.00 bits per heavy atom. The number of aliphatic imine (C=N–C) groups is 1. The van der Waals surface area contributed by atoms with Gasteiger partial charge in [-0.25, -0.2) is 20.3 Å². The predicted molar refractivity (Wildman–Crippen MR) is 99.9 cm³/mol. The minimum absolute atomic E-state index is 0.0440. The van der Waals surface area contributed by atoms with Crippen LogP contribution in [0.25, 0.3) is 0 Å². The van der Waals surface area contributed by atoms with Gasteiger partial charge in [0.1, 0.15) is 5.82 Å². The van der Waals surface area contributed by atoms with Crippen LogP contribution in [0, 0.1) is 0 Å². The van der Waals surface area contributed by atoms with Gasteiger partial charge in [0.2, 0.25) is 5.91 Å². The Labute approximate surface area is 165 Å². The summed E-state index contributed by atoms with van der Waals surface area (Å²) in [5, 5.41) is 0. The third kappa shape index (κ3) is 4.53. The number of anilines is 1. The molecular weight excluding hydrogens is 387 g/mol. The van der Waals surface area contributed by atoms with Gasteiger partial charge in [0, 0.05) is 24.4 Å². The van der Waals surface area contributed by atoms with E-state index < -0.39 is 12.4 Å². The molecular formula is C19H20F3N5O2. The lowest BCUT2D eigenvalue weighted by molar-refractivity contribution is -0.220. The number of nitrogens with zero attached hydrogens (tertiary/aromatic N) is 4. The lowest BCUT2D eigenvalue weighted by Gasteiger charge is -2.27. The number of hydrogen-bond acceptors (Lipinski definition) is 6. The van der Waals surface area contributed by atoms with Crippen LogP contribution in [-0.2, 0) is 22.6 Å². The van der Waals surface area contributed by atoms with Crippen LogP contribution in [0.1, 0.15) is 37.1 Å². The zero-order valence-electron chi connectivity index (χ0n) is 15.9. The first-order chi connectivity index (χ1) is 13.9. The molecule has 1 atom stereocenters. The number of amidine groups is 1. The fourth-order valence-corrected chi connectivity index (χ4v) is 2.90. The van der Waals surface area contributed by atoms with E-state index in [1.165, 1.54) is 6.20 Å². The van der Waals surface area contributed by atoms with E-state index in [0.717, 1.165) is 5.56 Å². The zero-order valence-corrected chi connectivity index (χ0v) is 15.9. The highest BCUT2D eigenvalue weighted by atomic mass is 19.4. The minimum Gasteiger partial charge on any atom is -0.291 e. The number of carbonyl (C=O) groups excluding carboxylic acids is 1. The van der Waals surface area contributed by atoms with E-state index in [1.807, 2.05) is 26.0 Å². The average molecular weight is 407 g/mol. The second kappa shape index (κ2) is 8.56. The van der Waals surface area contributed by atoms with Gasteiger partial charge in [-0.2, -0.15) is 13.2 Å². The maximum absolute atomic E-state index is 12.6. The number of halogens is 3. The van der Waals surface area contributed by atoms with Crippen molar-refractivity contribution in [3.8, 4) is 0 Å². The van der Waals surface area contributed by atoms with Crippen molar-refractivity contribution in [2.45, 2.75) is 45.6 Å². The SMILES string of the molecule is CC.O=C1CCc2cccnc2N1Cc1ccc(C2=NC(C(F)(F)F)ON2)cn1. The van der Waals surface area contributed by atoms with Crippen molar-refractivity contribution in [3.63, 3.8) is 0 Å². The molecule has 0 radical (unpaired) electrons. The first-order valence-electron chi connectivity index (χ1n) is 9.17. The monoisotopic (exact) mass is 407 g/mol. The van der Waals surface area contributed by atoms with Gasteiger partial charge in [-0.15, -0.1) is 0 Å². The zero-order chi connectivity index (χ0) is 21.0. The molecule has 7 nitrogen and oxygen atoms in total. The number of carbonyl (C=O) groups is 1. The van der Waals surface area contributed by atoms with Crippen LogP contribution in [0.15, 0.2) is 41.7 Å². The first kappa shape index (κ1) is 20.7. The summed E-state index contributed by atoms with van der Waals surface area (Å²) < 4.78 is 37.8. The Kier molecular flexibility index (Phi) is 6.12. The highest BCUT2D eigenvalue weighted by molar-refractivity contribution is 5.98. The van der Waals surface area contributed by atoms with Gasteiger partial charge in [0.25, 0.3) is 6.23 Å². The number of alkyl halides is 3. The molecule has 0 aromatic carbocycles. The fraction of sp³-hybridized carbons (Fsp3) is 0.368. The second-order valence-corrected chi connectivity index (χ2v) is 6.10. The molecule has 4 rings (SSSR count). The third-order valence-electron chi connectivity index (χ3n) is 4.24. The number of aryl methyl sites for hydroxylation is 1. The normalized spacial score (nSPS) is 18.4. The van der Waals surface area contributed by atoms with Gasteiger partial charge >= 0.3 is 6.18 Å². The largest absolute Gasteiger partial charge is 0.437 e. The average Bonchev–Trinajstić information content (AvgIpc) is 3.23. The van der Waals surface area contributed by atoms with Crippen molar-refractivity contribution in [2.24, 2.45) is 4.99 Å². The Hall–Kier alpha value is -3.01. The summed E-state index contributed by atoms with van der Waals surface area (Å²) in [4.78, 5) is 30.2. The summed E-state index contributed by atoms with van der Waals surface area (Å²) in [6.45, 7) is 4.23. The molecule has 1 amide bonds. The van der Waals surface area contributed by atoms with Crippen molar-refractivity contribution in [1.82, 2.24) is 15.4 Å². The Bertz CT molecular complexity index is 899. The van der Waals surface area contributed by atoms with Gasteiger partial charge < -0.3 is 0 Å². The van der Waals surface area contributed by atoms with Crippen LogP contribution in [0.2, 0.25) is 0 Å². The third-order valence-corrected chi connectivity index (χ3v) is 4.24. The number of pyridine rings is 2. The van der Waals surface area contributed by atoms with E-state index >= 15 is 0 Å². The molecule has 2 aliphatic heterocycles. The molecule has 2 aromatic heterocycles. The molecule has 0 saturated heterocycles. The van der Waals surface area contributed by atoms with Crippen molar-refractivity contribution < 1.29 is 22.8 Å². The van der Waals surface area contributed by atoms with Crippen LogP contribution in [0.5, 0.6) is 0 Å². The quantitative estimate of drug-likeness (QED) is 0.846. The molecule has 2 aromatic rings. The van der Waals surface area contributed by atoms with Gasteiger partial charge in [0.15, 0.2) is 5.84 Å². The Morgan fingerprint density at radius 3 is 2.66 bits per heavy atom. The van der Waals surface area contributed by atoms with Crippen LogP contribution in [-0.4, -0.2) is 34.1 Å². The number of fused-ring (bicyclic) bond motifs is 1. The molecule has 2 aliphatic rings. The van der Waals surface area contributed by atoms with Gasteiger partial charge in [-0.05, 0) is 30.2 Å². The summed E-state index contributed by atoms with van der Waals surface area (Å²) in [6, 6.07) is 6.96. The van der Waals surface area contributed by atoms with Crippen LogP contribution in [0.3, 0.4) is 0 Å². The molecule has 0 fully saturated rings. The van der Waals surface area contributed by atoms with E-state index in [4.69, 9.17) is 0 Å². The lowest BCUT2D eigenvalue weighted by Crippen LogP contribution is -2.35. The van der Waals surface area contributed by atoms with E-state index in [9.17, 15) is 18.0 Å². The standard InChI is InChI=1S/C17H14F3N5O2.C2H6/c18-17(19,20)16-23-14(24-27-16)11-3-5-12(22-8-11)9-25-13(26)6-4-10-2-1-7-21-15(10)25;1-2/h1-3,5,7-8,16H,4,6,9H2,(H,23,24);1-2H3. The van der Waals surface area contributed by atoms with Gasteiger partial charge in [-0.3, -0.25) is 14.7 Å². The van der Waals surface area contributed by atoms with Crippen LogP contribution in [0.4, 0.5) is 19.0 Å². The molecule has 1 N–H and O–H groups in total. The highest BCUT2D eigenvalue weighted by Crippen LogP contribution is 2.27. The summed E-state index contributed by atoms with van der Waals surface area (Å²) in [5.74, 6) is 0.524. The molecule has 29 heavy (non-hydrogen) atoms. The molecule has 1 unspecified atom stereocenters. The summed E-state index contributed by atoms with van der Waals surface area (Å²) in [7, 11) is 0. The first-order valence-corrected chi connectivity index (χ1v) is 9.17. The maximum atomic E-state index is 12.6. The maximum Gasteiger partial charge on any atom is 0.437 e. The van der Waals surface area contributed by atoms with Crippen molar-refractivity contribution in [3.05, 3.63) is 53.5 Å². The smallest absolute Gasteiger partial charge is 0.291 e. The van der Waals surface area contributed by atoms with Gasteiger partial charge in [0.05, 0.1) is 12.2 Å². The molecule has 0 bridgehead atoms. The van der Waals surface area contributed by atoms with E-state index in [0.29, 0.717) is 29.9 Å².